The molecule has 0 saturated carbocycles. The van der Waals surface area contributed by atoms with Gasteiger partial charge in [-0.15, -0.1) is 11.8 Å². The normalized spacial score (nSPS) is 13.2. The molecular formula is C5H9O2S. The van der Waals surface area contributed by atoms with E-state index in [1.165, 1.54) is 11.8 Å². The van der Waals surface area contributed by atoms with E-state index in [1.54, 1.807) is 12.7 Å². The van der Waals surface area contributed by atoms with Gasteiger partial charge in [0.2, 0.25) is 0 Å². The molecule has 0 aliphatic heterocycles. The van der Waals surface area contributed by atoms with Crippen molar-refractivity contribution in [3.63, 3.8) is 0 Å². The minimum atomic E-state index is -0.756. The highest BCUT2D eigenvalue weighted by molar-refractivity contribution is 8.02. The fourth-order valence-corrected chi connectivity index (χ4v) is 0.787. The number of hydrogen-bond acceptors (Lipinski definition) is 2. The van der Waals surface area contributed by atoms with Crippen molar-refractivity contribution in [3.8, 4) is 0 Å². The predicted octanol–water partition coefficient (Wildman–Crippen LogP) is 1.37. The number of hydrogen-bond donors (Lipinski definition) is 1. The van der Waals surface area contributed by atoms with Gasteiger partial charge in [0, 0.05) is 5.75 Å². The summed E-state index contributed by atoms with van der Waals surface area (Å²) in [6.07, 6.45) is 0. The molecule has 3 heteroatoms. The maximum Gasteiger partial charge on any atom is 0.316 e. The topological polar surface area (TPSA) is 37.3 Å². The molecule has 0 aromatic carbocycles. The molecule has 1 atom stereocenters. The van der Waals surface area contributed by atoms with Crippen LogP contribution in [0.15, 0.2) is 0 Å². The molecule has 0 fully saturated rings. The van der Waals surface area contributed by atoms with Gasteiger partial charge in [-0.05, 0) is 6.92 Å². The van der Waals surface area contributed by atoms with Gasteiger partial charge in [-0.1, -0.05) is 6.92 Å². The summed E-state index contributed by atoms with van der Waals surface area (Å²) in [6.45, 7) is 3.48. The van der Waals surface area contributed by atoms with Crippen LogP contribution in [0.3, 0.4) is 0 Å². The number of carbonyl (C=O) groups is 1. The number of rotatable bonds is 3. The smallest absolute Gasteiger partial charge is 0.316 e. The van der Waals surface area contributed by atoms with Crippen molar-refractivity contribution < 1.29 is 9.90 Å². The SMILES string of the molecule is C[CH]SC(C)C(=O)O. The minimum Gasteiger partial charge on any atom is -0.480 e. The maximum absolute atomic E-state index is 10.0. The third-order valence-corrected chi connectivity index (χ3v) is 1.57. The summed E-state index contributed by atoms with van der Waals surface area (Å²) in [4.78, 5) is 10.0. The van der Waals surface area contributed by atoms with Crippen LogP contribution in [0.5, 0.6) is 0 Å². The van der Waals surface area contributed by atoms with Crippen LogP contribution in [0.25, 0.3) is 0 Å². The van der Waals surface area contributed by atoms with Crippen molar-refractivity contribution in [2.45, 2.75) is 19.1 Å². The fraction of sp³-hybridized carbons (Fsp3) is 0.600. The van der Waals surface area contributed by atoms with Crippen molar-refractivity contribution in [1.29, 1.82) is 0 Å². The van der Waals surface area contributed by atoms with E-state index in [0.29, 0.717) is 0 Å². The molecule has 0 aliphatic carbocycles. The first-order chi connectivity index (χ1) is 3.68. The van der Waals surface area contributed by atoms with Crippen LogP contribution >= 0.6 is 11.8 Å². The highest BCUT2D eigenvalue weighted by Crippen LogP contribution is 2.12. The van der Waals surface area contributed by atoms with Gasteiger partial charge < -0.3 is 5.11 Å². The first-order valence-electron chi connectivity index (χ1n) is 2.34. The van der Waals surface area contributed by atoms with E-state index in [9.17, 15) is 4.79 Å². The van der Waals surface area contributed by atoms with Gasteiger partial charge in [-0.3, -0.25) is 4.79 Å². The van der Waals surface area contributed by atoms with Gasteiger partial charge in [0.1, 0.15) is 0 Å². The Labute approximate surface area is 53.3 Å². The van der Waals surface area contributed by atoms with Crippen LogP contribution in [0.4, 0.5) is 0 Å². The number of thioether (sulfide) groups is 1. The van der Waals surface area contributed by atoms with Crippen molar-refractivity contribution in [1.82, 2.24) is 0 Å². The first-order valence-corrected chi connectivity index (χ1v) is 3.29. The molecule has 47 valence electrons. The zero-order chi connectivity index (χ0) is 6.57. The lowest BCUT2D eigenvalue weighted by molar-refractivity contribution is -0.136. The lowest BCUT2D eigenvalue weighted by Crippen LogP contribution is -2.10. The van der Waals surface area contributed by atoms with E-state index in [0.717, 1.165) is 0 Å². The minimum absolute atomic E-state index is 0.306. The Kier molecular flexibility index (Phi) is 3.69. The first kappa shape index (κ1) is 7.82. The second kappa shape index (κ2) is 3.78. The molecule has 0 amide bonds. The summed E-state index contributed by atoms with van der Waals surface area (Å²) >= 11 is 1.31. The summed E-state index contributed by atoms with van der Waals surface area (Å²) in [5.41, 5.74) is 0. The van der Waals surface area contributed by atoms with Crippen LogP contribution in [0, 0.1) is 5.75 Å². The molecule has 0 aromatic heterocycles. The largest absolute Gasteiger partial charge is 0.480 e. The Balaban J connectivity index is 3.32. The Morgan fingerprint density at radius 2 is 2.38 bits per heavy atom. The van der Waals surface area contributed by atoms with E-state index in [1.807, 2.05) is 6.92 Å². The van der Waals surface area contributed by atoms with Gasteiger partial charge >= 0.3 is 5.97 Å². The highest BCUT2D eigenvalue weighted by atomic mass is 32.2. The standard InChI is InChI=1S/C5H9O2S/c1-3-8-4(2)5(6)7/h3-4H,1-2H3,(H,6,7). The van der Waals surface area contributed by atoms with Crippen molar-refractivity contribution in [2.24, 2.45) is 0 Å². The molecule has 1 radical (unpaired) electrons. The summed E-state index contributed by atoms with van der Waals surface area (Å²) in [6, 6.07) is 0. The Morgan fingerprint density at radius 3 is 2.50 bits per heavy atom. The number of carboxylic acid groups (broad SMARTS) is 1. The molecule has 0 spiro atoms. The lowest BCUT2D eigenvalue weighted by atomic mass is 10.5. The van der Waals surface area contributed by atoms with E-state index < -0.39 is 5.97 Å². The maximum atomic E-state index is 10.0. The Bertz CT molecular complexity index is 82.5. The quantitative estimate of drug-likeness (QED) is 0.631. The van der Waals surface area contributed by atoms with Crippen molar-refractivity contribution in [2.75, 3.05) is 0 Å². The molecule has 0 aromatic rings. The third kappa shape index (κ3) is 2.91. The molecule has 0 heterocycles. The molecule has 8 heavy (non-hydrogen) atoms. The Hall–Kier alpha value is -0.180. The molecule has 0 saturated heterocycles. The van der Waals surface area contributed by atoms with Crippen molar-refractivity contribution >= 4 is 17.7 Å². The predicted molar refractivity (Wildman–Crippen MR) is 34.7 cm³/mol. The zero-order valence-corrected chi connectivity index (χ0v) is 5.73. The average Bonchev–Trinajstić information content (AvgIpc) is 1.67. The molecule has 1 N–H and O–H groups in total. The van der Waals surface area contributed by atoms with E-state index in [-0.39, 0.29) is 5.25 Å². The number of carboxylic acids is 1. The van der Waals surface area contributed by atoms with Crippen LogP contribution in [-0.4, -0.2) is 16.3 Å². The second-order valence-electron chi connectivity index (χ2n) is 1.35. The second-order valence-corrected chi connectivity index (χ2v) is 2.80. The van der Waals surface area contributed by atoms with Gasteiger partial charge in [-0.2, -0.15) is 0 Å². The fourth-order valence-electron chi connectivity index (χ4n) is 0.262. The van der Waals surface area contributed by atoms with Crippen molar-refractivity contribution in [3.05, 3.63) is 5.75 Å². The molecule has 0 rings (SSSR count). The summed E-state index contributed by atoms with van der Waals surface area (Å²) in [5.74, 6) is 1.02. The van der Waals surface area contributed by atoms with Crippen LogP contribution in [0.1, 0.15) is 13.8 Å². The molecule has 1 unspecified atom stereocenters. The molecule has 0 aliphatic rings. The van der Waals surface area contributed by atoms with Gasteiger partial charge in [-0.25, -0.2) is 0 Å². The lowest BCUT2D eigenvalue weighted by Gasteiger charge is -1.99. The van der Waals surface area contributed by atoms with E-state index in [2.05, 4.69) is 0 Å². The van der Waals surface area contributed by atoms with E-state index >= 15 is 0 Å². The summed E-state index contributed by atoms with van der Waals surface area (Å²) < 4.78 is 0. The molecule has 2 nitrogen and oxygen atoms in total. The number of aliphatic carboxylic acids is 1. The molecule has 0 bridgehead atoms. The van der Waals surface area contributed by atoms with Crippen LogP contribution < -0.4 is 0 Å². The van der Waals surface area contributed by atoms with Gasteiger partial charge in [0.15, 0.2) is 0 Å². The Morgan fingerprint density at radius 1 is 1.88 bits per heavy atom. The van der Waals surface area contributed by atoms with Gasteiger partial charge in [0.25, 0.3) is 0 Å². The summed E-state index contributed by atoms with van der Waals surface area (Å²) in [5, 5.41) is 7.97. The highest BCUT2D eigenvalue weighted by Gasteiger charge is 2.08. The average molecular weight is 133 g/mol. The van der Waals surface area contributed by atoms with Gasteiger partial charge in [0.05, 0.1) is 5.25 Å². The third-order valence-electron chi connectivity index (χ3n) is 0.688. The van der Waals surface area contributed by atoms with E-state index in [4.69, 9.17) is 5.11 Å². The zero-order valence-electron chi connectivity index (χ0n) is 4.92. The van der Waals surface area contributed by atoms with Crippen LogP contribution in [-0.2, 0) is 4.79 Å². The molecular weight excluding hydrogens is 124 g/mol. The monoisotopic (exact) mass is 133 g/mol. The summed E-state index contributed by atoms with van der Waals surface area (Å²) in [7, 11) is 0. The van der Waals surface area contributed by atoms with Crippen LogP contribution in [0.2, 0.25) is 0 Å².